The summed E-state index contributed by atoms with van der Waals surface area (Å²) < 4.78 is 22.9. The first-order chi connectivity index (χ1) is 59.5. The molecule has 0 amide bonds. The van der Waals surface area contributed by atoms with Crippen LogP contribution in [0, 0.1) is 0 Å². The lowest BCUT2D eigenvalue weighted by Gasteiger charge is -2.18. The normalized spacial score (nSPS) is 12.0. The van der Waals surface area contributed by atoms with Crippen LogP contribution in [0.5, 0.6) is 0 Å². The van der Waals surface area contributed by atoms with Gasteiger partial charge in [-0.05, 0) is 253 Å². The number of rotatable bonds is 12. The van der Waals surface area contributed by atoms with Crippen molar-refractivity contribution in [2.24, 2.45) is 0 Å². The monoisotopic (exact) mass is 1530 g/mol. The van der Waals surface area contributed by atoms with Gasteiger partial charge in [-0.25, -0.2) is 0 Å². The fourth-order valence-corrected chi connectivity index (χ4v) is 19.6. The summed E-state index contributed by atoms with van der Waals surface area (Å²) in [5.41, 5.74) is 35.0. The van der Waals surface area contributed by atoms with E-state index in [1.807, 2.05) is 12.4 Å². The van der Waals surface area contributed by atoms with Crippen molar-refractivity contribution in [3.05, 3.63) is 419 Å². The zero-order valence-electron chi connectivity index (χ0n) is 64.9. The zero-order chi connectivity index (χ0) is 78.6. The first-order valence-electron chi connectivity index (χ1n) is 41.0. The number of pyridine rings is 1. The van der Waals surface area contributed by atoms with Crippen molar-refractivity contribution in [3.8, 4) is 112 Å². The van der Waals surface area contributed by atoms with Gasteiger partial charge in [0.1, 0.15) is 22.3 Å². The third-order valence-electron chi connectivity index (χ3n) is 25.0. The number of hydrogen-bond donors (Lipinski definition) is 0. The van der Waals surface area contributed by atoms with Crippen LogP contribution >= 0.6 is 0 Å². The van der Waals surface area contributed by atoms with Gasteiger partial charge in [0, 0.05) is 93.6 Å². The molecule has 120 heavy (non-hydrogen) atoms. The van der Waals surface area contributed by atoms with Gasteiger partial charge >= 0.3 is 0 Å². The molecule has 0 aliphatic rings. The summed E-state index contributed by atoms with van der Waals surface area (Å²) in [6.07, 6.45) is 3.84. The van der Waals surface area contributed by atoms with Crippen LogP contribution in [0.1, 0.15) is 0 Å². The van der Waals surface area contributed by atoms with Crippen molar-refractivity contribution in [2.75, 3.05) is 0 Å². The molecule has 25 rings (SSSR count). The minimum Gasteiger partial charge on any atom is -0.456 e. The van der Waals surface area contributed by atoms with Crippen LogP contribution in [-0.2, 0) is 0 Å². The second-order valence-corrected chi connectivity index (χ2v) is 31.7. The van der Waals surface area contributed by atoms with Crippen LogP contribution in [0.3, 0.4) is 0 Å². The first-order valence-corrected chi connectivity index (χ1v) is 41.0. The molecule has 558 valence electrons. The van der Waals surface area contributed by atoms with E-state index in [2.05, 4.69) is 430 Å². The lowest BCUT2D eigenvalue weighted by Crippen LogP contribution is -1.95. The topological polar surface area (TPSA) is 58.9 Å². The predicted octanol–water partition coefficient (Wildman–Crippen LogP) is 30.6. The van der Waals surface area contributed by atoms with Crippen molar-refractivity contribution in [1.29, 1.82) is 0 Å². The summed E-state index contributed by atoms with van der Waals surface area (Å²) in [7, 11) is 0. The molecule has 25 aromatic rings. The maximum absolute atomic E-state index is 6.81. The third-order valence-corrected chi connectivity index (χ3v) is 25.0. The Morgan fingerprint density at radius 3 is 1.14 bits per heavy atom. The van der Waals surface area contributed by atoms with E-state index in [1.165, 1.54) is 59.6 Å². The first kappa shape index (κ1) is 67.3. The average molecular weight is 1530 g/mol. The van der Waals surface area contributed by atoms with Crippen molar-refractivity contribution < 1.29 is 8.83 Å². The SMILES string of the molecule is c1ccc(-n2c3ccccc3c3cc(-c4ccc5oc6cccc(-c7cccc(-c8cccc(-c9ccc%10c%11ccccc%11n(-c%11cccc(-c%12cccc(-c%13cccc(-c%14ccc%15oc%16ccc(-n%17c%18ccccc%18c%18ccncc%18%17)cc%16c%15c%14)c%13)c%12)c%11)c%10c9)c8-c8ccc9c(c8)c8ccccc8n9-c8ccccc8)c7)c6c5c4)ccc32)cc1. The standard InChI is InChI=1S/C113H69N5O2/c1-3-28-82(29-4-1)115-102-42-13-9-35-91(102)95-63-75(46-52-104(95)115)77-49-55-110-99(65-77)113-88(39-20-44-111(113)120-110)79-27-17-26-78(61-79)86-37-19-38-87(112(86)81-47-53-105-96(66-81)92-36-10-14-43-103(92)116(105)83-30-5-2-6-31-83)80-45-51-93-89-33-7-11-40-100(89)117(106(93)67-80)84-32-18-25-74(62-84)72-23-15-21-70(59-72)71-22-16-24-73(60-71)76-48-54-108-97(64-76)98-68-85(50-56-109(98)119-108)118-101-41-12-8-34-90(101)94-57-58-114-69-107(94)118/h1-69H. The number of benzene rings is 18. The van der Waals surface area contributed by atoms with Crippen molar-refractivity contribution in [3.63, 3.8) is 0 Å². The Labute approximate surface area is 689 Å². The molecule has 0 bridgehead atoms. The molecular weight excluding hydrogens is 1460 g/mol. The van der Waals surface area contributed by atoms with E-state index in [1.54, 1.807) is 0 Å². The van der Waals surface area contributed by atoms with E-state index in [-0.39, 0.29) is 0 Å². The molecule has 0 N–H and O–H groups in total. The highest BCUT2D eigenvalue weighted by Gasteiger charge is 2.25. The molecule has 0 spiro atoms. The molecule has 7 heterocycles. The van der Waals surface area contributed by atoms with Gasteiger partial charge in [-0.2, -0.15) is 0 Å². The molecule has 0 fully saturated rings. The van der Waals surface area contributed by atoms with Gasteiger partial charge < -0.3 is 27.1 Å². The van der Waals surface area contributed by atoms with Gasteiger partial charge in [0.2, 0.25) is 0 Å². The fourth-order valence-electron chi connectivity index (χ4n) is 19.6. The van der Waals surface area contributed by atoms with Gasteiger partial charge in [0.05, 0.1) is 50.3 Å². The van der Waals surface area contributed by atoms with E-state index in [9.17, 15) is 0 Å². The van der Waals surface area contributed by atoms with E-state index >= 15 is 0 Å². The highest BCUT2D eigenvalue weighted by molar-refractivity contribution is 6.18. The van der Waals surface area contributed by atoms with Crippen molar-refractivity contribution in [1.82, 2.24) is 23.3 Å². The fraction of sp³-hybridized carbons (Fsp3) is 0. The van der Waals surface area contributed by atoms with E-state index in [0.29, 0.717) is 0 Å². The van der Waals surface area contributed by atoms with Crippen LogP contribution in [0.15, 0.2) is 428 Å². The van der Waals surface area contributed by atoms with Crippen LogP contribution in [0.4, 0.5) is 0 Å². The quantitative estimate of drug-likeness (QED) is 0.122. The minimum atomic E-state index is 0.851. The molecule has 0 atom stereocenters. The smallest absolute Gasteiger partial charge is 0.136 e. The molecule has 0 saturated heterocycles. The Morgan fingerprint density at radius 2 is 0.533 bits per heavy atom. The zero-order valence-corrected chi connectivity index (χ0v) is 64.9. The van der Waals surface area contributed by atoms with E-state index in [4.69, 9.17) is 8.83 Å². The summed E-state index contributed by atoms with van der Waals surface area (Å²) >= 11 is 0. The average Bonchev–Trinajstić information content (AvgIpc) is 1.66. The summed E-state index contributed by atoms with van der Waals surface area (Å²) in [6.45, 7) is 0. The maximum atomic E-state index is 6.81. The van der Waals surface area contributed by atoms with Gasteiger partial charge in [-0.15, -0.1) is 0 Å². The summed E-state index contributed by atoms with van der Waals surface area (Å²) in [4.78, 5) is 4.55. The number of para-hydroxylation sites is 6. The van der Waals surface area contributed by atoms with Gasteiger partial charge in [-0.1, -0.05) is 243 Å². The maximum Gasteiger partial charge on any atom is 0.136 e. The molecule has 0 aliphatic carbocycles. The summed E-state index contributed by atoms with van der Waals surface area (Å²) in [5.74, 6) is 0. The molecule has 0 saturated carbocycles. The molecular formula is C113H69N5O2. The number of nitrogens with zero attached hydrogens (tertiary/aromatic N) is 5. The Morgan fingerprint density at radius 1 is 0.175 bits per heavy atom. The number of fused-ring (bicyclic) bond motifs is 18. The van der Waals surface area contributed by atoms with E-state index < -0.39 is 0 Å². The summed E-state index contributed by atoms with van der Waals surface area (Å²) in [5, 5.41) is 13.9. The van der Waals surface area contributed by atoms with Crippen LogP contribution in [0.25, 0.3) is 243 Å². The minimum absolute atomic E-state index is 0.851. The molecule has 7 heteroatoms. The Kier molecular flexibility index (Phi) is 15.0. The molecule has 0 radical (unpaired) electrons. The Balaban J connectivity index is 0.596. The number of aromatic nitrogens is 5. The number of hydrogen-bond acceptors (Lipinski definition) is 3. The van der Waals surface area contributed by atoms with Crippen LogP contribution < -0.4 is 0 Å². The molecule has 0 unspecified atom stereocenters. The second-order valence-electron chi connectivity index (χ2n) is 31.7. The highest BCUT2D eigenvalue weighted by atomic mass is 16.3. The lowest BCUT2D eigenvalue weighted by atomic mass is 9.86. The largest absolute Gasteiger partial charge is 0.456 e. The molecule has 7 aromatic heterocycles. The predicted molar refractivity (Wildman–Crippen MR) is 500 cm³/mol. The molecule has 7 nitrogen and oxygen atoms in total. The highest BCUT2D eigenvalue weighted by Crippen LogP contribution is 2.49. The third kappa shape index (κ3) is 10.6. The number of furan rings is 2. The molecule has 0 aliphatic heterocycles. The summed E-state index contributed by atoms with van der Waals surface area (Å²) in [6, 6.07) is 149. The second kappa shape index (κ2) is 26.7. The van der Waals surface area contributed by atoms with Crippen molar-refractivity contribution >= 4 is 131 Å². The van der Waals surface area contributed by atoms with Gasteiger partial charge in [0.25, 0.3) is 0 Å². The van der Waals surface area contributed by atoms with Gasteiger partial charge in [-0.3, -0.25) is 4.98 Å². The van der Waals surface area contributed by atoms with Crippen LogP contribution in [-0.4, -0.2) is 23.3 Å². The van der Waals surface area contributed by atoms with E-state index in [0.717, 1.165) is 183 Å². The lowest BCUT2D eigenvalue weighted by molar-refractivity contribution is 0.668. The molecule has 18 aromatic carbocycles. The van der Waals surface area contributed by atoms with Gasteiger partial charge in [0.15, 0.2) is 0 Å². The Bertz CT molecular complexity index is 8500. The van der Waals surface area contributed by atoms with Crippen LogP contribution in [0.2, 0.25) is 0 Å². The van der Waals surface area contributed by atoms with Crippen molar-refractivity contribution in [2.45, 2.75) is 0 Å². The Hall–Kier alpha value is -16.1.